The van der Waals surface area contributed by atoms with Crippen molar-refractivity contribution in [1.29, 1.82) is 0 Å². The Labute approximate surface area is 173 Å². The minimum Gasteiger partial charge on any atom is -0.369 e. The molecule has 0 aliphatic carbocycles. The van der Waals surface area contributed by atoms with E-state index in [1.807, 2.05) is 30.3 Å². The van der Waals surface area contributed by atoms with Gasteiger partial charge >= 0.3 is 0 Å². The van der Waals surface area contributed by atoms with Crippen LogP contribution < -0.4 is 11.2 Å². The molecule has 0 saturated carbocycles. The van der Waals surface area contributed by atoms with E-state index in [0.717, 1.165) is 10.1 Å². The van der Waals surface area contributed by atoms with Crippen molar-refractivity contribution in [3.05, 3.63) is 69.9 Å². The van der Waals surface area contributed by atoms with E-state index >= 15 is 0 Å². The lowest BCUT2D eigenvalue weighted by atomic mass is 10.1. The fourth-order valence-electron chi connectivity index (χ4n) is 2.72. The van der Waals surface area contributed by atoms with Crippen LogP contribution in [0.5, 0.6) is 0 Å². The number of carbonyl (C=O) groups is 1. The lowest BCUT2D eigenvalue weighted by molar-refractivity contribution is 0.148. The lowest BCUT2D eigenvalue weighted by Crippen LogP contribution is -2.30. The predicted octanol–water partition coefficient (Wildman–Crippen LogP) is 3.21. The van der Waals surface area contributed by atoms with E-state index in [2.05, 4.69) is 31.0 Å². The zero-order chi connectivity index (χ0) is 21.0. The van der Waals surface area contributed by atoms with Crippen LogP contribution in [-0.4, -0.2) is 33.0 Å². The van der Waals surface area contributed by atoms with E-state index < -0.39 is 6.43 Å². The van der Waals surface area contributed by atoms with Gasteiger partial charge in [-0.15, -0.1) is 0 Å². The summed E-state index contributed by atoms with van der Waals surface area (Å²) in [4.78, 5) is 19.9. The number of aromatic nitrogens is 3. The topological polar surface area (TPSA) is 89.4 Å². The Morgan fingerprint density at radius 3 is 2.66 bits per heavy atom. The molecule has 29 heavy (non-hydrogen) atoms. The van der Waals surface area contributed by atoms with Gasteiger partial charge in [-0.1, -0.05) is 30.3 Å². The molecule has 0 saturated heterocycles. The maximum Gasteiger partial charge on any atom is 0.265 e. The van der Waals surface area contributed by atoms with Crippen molar-refractivity contribution in [3.8, 4) is 11.3 Å². The molecular formula is C19H17BrF2N6O. The Kier molecular flexibility index (Phi) is 6.32. The van der Waals surface area contributed by atoms with Crippen molar-refractivity contribution in [3.63, 3.8) is 0 Å². The van der Waals surface area contributed by atoms with E-state index in [0.29, 0.717) is 16.6 Å². The number of halogens is 3. The van der Waals surface area contributed by atoms with Gasteiger partial charge in [0.25, 0.3) is 6.43 Å². The van der Waals surface area contributed by atoms with Gasteiger partial charge in [0, 0.05) is 24.4 Å². The largest absolute Gasteiger partial charge is 0.369 e. The fraction of sp³-hybridized carbons (Fsp3) is 0.158. The molecule has 0 aliphatic rings. The van der Waals surface area contributed by atoms with Crippen LogP contribution in [0.4, 0.5) is 14.7 Å². The first-order valence-corrected chi connectivity index (χ1v) is 9.27. The number of alkyl halides is 2. The summed E-state index contributed by atoms with van der Waals surface area (Å²) in [6, 6.07) is 12.0. The number of nitrogen functional groups attached to an aromatic ring is 1. The number of pyridine rings is 1. The second-order valence-electron chi connectivity index (χ2n) is 6.05. The van der Waals surface area contributed by atoms with Crippen LogP contribution in [-0.2, 0) is 11.3 Å². The van der Waals surface area contributed by atoms with Gasteiger partial charge in [0.2, 0.25) is 12.4 Å². The normalized spacial score (nSPS) is 11.7. The van der Waals surface area contributed by atoms with Gasteiger partial charge in [-0.05, 0) is 28.1 Å². The fourth-order valence-corrected chi connectivity index (χ4v) is 3.30. The summed E-state index contributed by atoms with van der Waals surface area (Å²) < 4.78 is 27.9. The summed E-state index contributed by atoms with van der Waals surface area (Å²) in [5.41, 5.74) is 7.41. The molecule has 0 unspecified atom stereocenters. The molecule has 0 amide bonds. The summed E-state index contributed by atoms with van der Waals surface area (Å²) in [6.07, 6.45) is -0.728. The Bertz CT molecular complexity index is 1090. The van der Waals surface area contributed by atoms with Crippen LogP contribution in [0, 0.1) is 0 Å². The maximum atomic E-state index is 13.2. The molecule has 0 atom stereocenters. The number of benzene rings is 1. The highest BCUT2D eigenvalue weighted by Crippen LogP contribution is 2.24. The maximum absolute atomic E-state index is 13.2. The number of nitrogens with two attached hydrogens (primary N) is 1. The van der Waals surface area contributed by atoms with Gasteiger partial charge in [-0.2, -0.15) is 5.10 Å². The molecule has 0 fully saturated rings. The third kappa shape index (κ3) is 4.48. The molecule has 1 aromatic carbocycles. The van der Waals surface area contributed by atoms with E-state index in [-0.39, 0.29) is 29.2 Å². The molecule has 0 bridgehead atoms. The minimum absolute atomic E-state index is 0.00864. The van der Waals surface area contributed by atoms with Gasteiger partial charge in [0.1, 0.15) is 0 Å². The van der Waals surface area contributed by atoms with Crippen molar-refractivity contribution < 1.29 is 13.6 Å². The van der Waals surface area contributed by atoms with Crippen molar-refractivity contribution >= 4 is 28.3 Å². The molecule has 7 nitrogen and oxygen atoms in total. The molecule has 0 spiro atoms. The molecule has 2 aromatic heterocycles. The average molecular weight is 463 g/mol. The second-order valence-corrected chi connectivity index (χ2v) is 6.85. The molecule has 3 rings (SSSR count). The van der Waals surface area contributed by atoms with Crippen molar-refractivity contribution in [2.24, 2.45) is 5.10 Å². The highest BCUT2D eigenvalue weighted by atomic mass is 79.9. The number of hydrogen-bond donors (Lipinski definition) is 1. The SMILES string of the molecule is CN(Cc1ncccc1C(F)F)/N=c1/c(Br)c(-c2ccccc2)nc(N)n1C=O. The van der Waals surface area contributed by atoms with Gasteiger partial charge in [-0.25, -0.2) is 18.3 Å². The molecular weight excluding hydrogens is 446 g/mol. The van der Waals surface area contributed by atoms with E-state index in [4.69, 9.17) is 5.73 Å². The van der Waals surface area contributed by atoms with Crippen LogP contribution in [0.2, 0.25) is 0 Å². The van der Waals surface area contributed by atoms with Gasteiger partial charge < -0.3 is 5.73 Å². The Morgan fingerprint density at radius 2 is 2.00 bits per heavy atom. The predicted molar refractivity (Wildman–Crippen MR) is 108 cm³/mol. The summed E-state index contributed by atoms with van der Waals surface area (Å²) in [5.74, 6) is -0.0553. The molecule has 3 aromatic rings. The second kappa shape index (κ2) is 8.91. The standard InChI is InChI=1S/C19H17BrF2N6O/c1-27(10-14-13(17(21)22)8-5-9-24-14)26-18-15(20)16(12-6-3-2-4-7-12)25-19(23)28(18)11-29/h2-9,11,17H,10H2,1H3,(H2,23,25)/b26-18-. The summed E-state index contributed by atoms with van der Waals surface area (Å²) in [6.45, 7) is 0.00864. The first kappa shape index (κ1) is 20.6. The number of carbonyl (C=O) groups excluding carboxylic acids is 1. The molecule has 2 N–H and O–H groups in total. The first-order chi connectivity index (χ1) is 13.9. The van der Waals surface area contributed by atoms with Crippen LogP contribution in [0.3, 0.4) is 0 Å². The molecule has 2 heterocycles. The highest BCUT2D eigenvalue weighted by Gasteiger charge is 2.16. The van der Waals surface area contributed by atoms with E-state index in [1.165, 1.54) is 23.3 Å². The van der Waals surface area contributed by atoms with Gasteiger partial charge in [-0.3, -0.25) is 14.8 Å². The summed E-state index contributed by atoms with van der Waals surface area (Å²) in [5, 5.41) is 5.79. The van der Waals surface area contributed by atoms with Crippen molar-refractivity contribution in [2.45, 2.75) is 13.0 Å². The summed E-state index contributed by atoms with van der Waals surface area (Å²) >= 11 is 3.44. The van der Waals surface area contributed by atoms with Crippen LogP contribution in [0.1, 0.15) is 17.7 Å². The minimum atomic E-state index is -2.65. The Hall–Kier alpha value is -3.14. The molecule has 150 valence electrons. The smallest absolute Gasteiger partial charge is 0.265 e. The Balaban J connectivity index is 2.08. The summed E-state index contributed by atoms with van der Waals surface area (Å²) in [7, 11) is 1.59. The number of hydrogen-bond acceptors (Lipinski definition) is 6. The zero-order valence-electron chi connectivity index (χ0n) is 15.3. The van der Waals surface area contributed by atoms with Gasteiger partial charge in [0.05, 0.1) is 22.4 Å². The van der Waals surface area contributed by atoms with Crippen LogP contribution in [0.15, 0.2) is 58.2 Å². The van der Waals surface area contributed by atoms with Gasteiger partial charge in [0.15, 0.2) is 5.49 Å². The highest BCUT2D eigenvalue weighted by molar-refractivity contribution is 9.10. The lowest BCUT2D eigenvalue weighted by Gasteiger charge is -2.16. The van der Waals surface area contributed by atoms with E-state index in [9.17, 15) is 13.6 Å². The van der Waals surface area contributed by atoms with Crippen molar-refractivity contribution in [2.75, 3.05) is 12.8 Å². The molecule has 0 radical (unpaired) electrons. The van der Waals surface area contributed by atoms with Crippen LogP contribution in [0.25, 0.3) is 11.3 Å². The molecule has 0 aliphatic heterocycles. The average Bonchev–Trinajstić information content (AvgIpc) is 2.71. The number of anilines is 1. The number of nitrogens with zero attached hydrogens (tertiary/aromatic N) is 5. The zero-order valence-corrected chi connectivity index (χ0v) is 16.9. The first-order valence-electron chi connectivity index (χ1n) is 8.48. The third-order valence-electron chi connectivity index (χ3n) is 4.06. The van der Waals surface area contributed by atoms with Crippen molar-refractivity contribution in [1.82, 2.24) is 19.5 Å². The molecule has 10 heteroatoms. The monoisotopic (exact) mass is 462 g/mol. The van der Waals surface area contributed by atoms with E-state index in [1.54, 1.807) is 7.05 Å². The number of rotatable bonds is 6. The Morgan fingerprint density at radius 1 is 1.28 bits per heavy atom. The van der Waals surface area contributed by atoms with Crippen LogP contribution >= 0.6 is 15.9 Å². The quantitative estimate of drug-likeness (QED) is 0.448. The third-order valence-corrected chi connectivity index (χ3v) is 4.79.